The minimum atomic E-state index is -3.48. The van der Waals surface area contributed by atoms with Gasteiger partial charge in [0.15, 0.2) is 0 Å². The number of hydrogen-bond acceptors (Lipinski definition) is 7. The van der Waals surface area contributed by atoms with Crippen LogP contribution in [0.1, 0.15) is 32.9 Å². The Morgan fingerprint density at radius 1 is 1.42 bits per heavy atom. The molecule has 0 saturated carbocycles. The largest absolute Gasteiger partial charge is 0.444 e. The van der Waals surface area contributed by atoms with Gasteiger partial charge in [0.05, 0.1) is 25.1 Å². The molecule has 24 heavy (non-hydrogen) atoms. The van der Waals surface area contributed by atoms with E-state index in [1.54, 1.807) is 20.8 Å². The van der Waals surface area contributed by atoms with Gasteiger partial charge in [-0.3, -0.25) is 9.28 Å². The minimum Gasteiger partial charge on any atom is -0.444 e. The molecule has 0 aromatic carbocycles. The summed E-state index contributed by atoms with van der Waals surface area (Å²) in [5.74, 6) is 0. The van der Waals surface area contributed by atoms with Crippen molar-refractivity contribution >= 4 is 28.0 Å². The SMILES string of the molecule is CSc1cc(CN(CCCOS(C)(=O)=O)C(=O)OC(C)(C)C)[nH]n1. The Labute approximate surface area is 147 Å². The highest BCUT2D eigenvalue weighted by Crippen LogP contribution is 2.16. The summed E-state index contributed by atoms with van der Waals surface area (Å²) in [5, 5.41) is 7.81. The van der Waals surface area contributed by atoms with Crippen LogP contribution in [-0.4, -0.2) is 60.9 Å². The van der Waals surface area contributed by atoms with Crippen molar-refractivity contribution < 1.29 is 22.1 Å². The number of H-pyrrole nitrogens is 1. The number of rotatable bonds is 8. The van der Waals surface area contributed by atoms with Gasteiger partial charge in [-0.1, -0.05) is 0 Å². The normalized spacial score (nSPS) is 12.2. The monoisotopic (exact) mass is 379 g/mol. The Balaban J connectivity index is 2.69. The molecule has 1 heterocycles. The van der Waals surface area contributed by atoms with Gasteiger partial charge in [-0.05, 0) is 39.5 Å². The summed E-state index contributed by atoms with van der Waals surface area (Å²) in [5.41, 5.74) is 0.158. The zero-order valence-electron chi connectivity index (χ0n) is 14.7. The highest BCUT2D eigenvalue weighted by Gasteiger charge is 2.22. The standard InChI is InChI=1S/C14H25N3O5S2/c1-14(2,3)22-13(18)17(7-6-8-21-24(5,19)20)10-11-9-12(23-4)16-15-11/h9H,6-8,10H2,1-5H3,(H,15,16). The Hall–Kier alpha value is -1.26. The number of carbonyl (C=O) groups is 1. The molecule has 0 atom stereocenters. The second-order valence-electron chi connectivity index (χ2n) is 6.22. The van der Waals surface area contributed by atoms with Crippen LogP contribution in [0.15, 0.2) is 11.1 Å². The van der Waals surface area contributed by atoms with Gasteiger partial charge in [0, 0.05) is 6.54 Å². The first-order valence-electron chi connectivity index (χ1n) is 7.41. The summed E-state index contributed by atoms with van der Waals surface area (Å²) in [6.45, 7) is 5.98. The highest BCUT2D eigenvalue weighted by atomic mass is 32.2. The molecule has 1 aromatic heterocycles. The van der Waals surface area contributed by atoms with Gasteiger partial charge in [0.1, 0.15) is 10.6 Å². The second kappa shape index (κ2) is 8.72. The smallest absolute Gasteiger partial charge is 0.410 e. The summed E-state index contributed by atoms with van der Waals surface area (Å²) in [4.78, 5) is 13.8. The number of nitrogens with one attached hydrogen (secondary N) is 1. The van der Waals surface area contributed by atoms with Crippen LogP contribution < -0.4 is 0 Å². The van der Waals surface area contributed by atoms with Crippen molar-refractivity contribution in [3.63, 3.8) is 0 Å². The molecule has 1 aromatic rings. The van der Waals surface area contributed by atoms with Crippen LogP contribution in [0.4, 0.5) is 4.79 Å². The number of amides is 1. The number of nitrogens with zero attached hydrogens (tertiary/aromatic N) is 2. The van der Waals surface area contributed by atoms with Crippen molar-refractivity contribution in [2.75, 3.05) is 25.7 Å². The predicted molar refractivity (Wildman–Crippen MR) is 92.4 cm³/mol. The van der Waals surface area contributed by atoms with E-state index in [2.05, 4.69) is 10.2 Å². The van der Waals surface area contributed by atoms with Gasteiger partial charge < -0.3 is 9.64 Å². The number of carbonyl (C=O) groups excluding carboxylic acids is 1. The van der Waals surface area contributed by atoms with Gasteiger partial charge in [-0.25, -0.2) is 4.79 Å². The molecule has 0 bridgehead atoms. The molecular formula is C14H25N3O5S2. The number of aromatic nitrogens is 2. The topological polar surface area (TPSA) is 102 Å². The maximum atomic E-state index is 12.3. The van der Waals surface area contributed by atoms with E-state index >= 15 is 0 Å². The van der Waals surface area contributed by atoms with Crippen molar-refractivity contribution in [1.82, 2.24) is 15.1 Å². The summed E-state index contributed by atoms with van der Waals surface area (Å²) in [6.07, 6.45) is 2.80. The molecule has 1 N–H and O–H groups in total. The maximum Gasteiger partial charge on any atom is 0.410 e. The molecule has 8 nitrogen and oxygen atoms in total. The average Bonchev–Trinajstić information content (AvgIpc) is 2.86. The third-order valence-corrected chi connectivity index (χ3v) is 3.92. The first kappa shape index (κ1) is 20.8. The summed E-state index contributed by atoms with van der Waals surface area (Å²) in [6, 6.07) is 1.86. The molecule has 1 rings (SSSR count). The first-order chi connectivity index (χ1) is 11.0. The zero-order valence-corrected chi connectivity index (χ0v) is 16.3. The molecule has 0 saturated heterocycles. The van der Waals surface area contributed by atoms with Crippen molar-refractivity contribution in [3.8, 4) is 0 Å². The van der Waals surface area contributed by atoms with Crippen molar-refractivity contribution in [2.45, 2.75) is 44.4 Å². The van der Waals surface area contributed by atoms with Crippen LogP contribution in [0.3, 0.4) is 0 Å². The van der Waals surface area contributed by atoms with Crippen molar-refractivity contribution in [3.05, 3.63) is 11.8 Å². The molecule has 10 heteroatoms. The fourth-order valence-electron chi connectivity index (χ4n) is 1.76. The highest BCUT2D eigenvalue weighted by molar-refractivity contribution is 7.98. The van der Waals surface area contributed by atoms with E-state index in [0.717, 1.165) is 17.0 Å². The average molecular weight is 380 g/mol. The lowest BCUT2D eigenvalue weighted by Crippen LogP contribution is -2.37. The van der Waals surface area contributed by atoms with Crippen LogP contribution >= 0.6 is 11.8 Å². The second-order valence-corrected chi connectivity index (χ2v) is 8.69. The molecular weight excluding hydrogens is 354 g/mol. The molecule has 0 radical (unpaired) electrons. The molecule has 0 spiro atoms. The van der Waals surface area contributed by atoms with Gasteiger partial charge in [0.25, 0.3) is 10.1 Å². The van der Waals surface area contributed by atoms with Gasteiger partial charge in [-0.2, -0.15) is 13.5 Å². The fourth-order valence-corrected chi connectivity index (χ4v) is 2.58. The van der Waals surface area contributed by atoms with Gasteiger partial charge >= 0.3 is 6.09 Å². The molecule has 138 valence electrons. The molecule has 0 aliphatic heterocycles. The molecule has 0 aliphatic carbocycles. The van der Waals surface area contributed by atoms with E-state index in [1.165, 1.54) is 16.7 Å². The Morgan fingerprint density at radius 2 is 2.08 bits per heavy atom. The number of hydrogen-bond donors (Lipinski definition) is 1. The Bertz CT molecular complexity index is 637. The summed E-state index contributed by atoms with van der Waals surface area (Å²) < 4.78 is 32.1. The van der Waals surface area contributed by atoms with Crippen LogP contribution in [-0.2, 0) is 25.6 Å². The summed E-state index contributed by atoms with van der Waals surface area (Å²) in [7, 11) is -3.48. The fraction of sp³-hybridized carbons (Fsp3) is 0.714. The first-order valence-corrected chi connectivity index (χ1v) is 10.4. The predicted octanol–water partition coefficient (Wildman–Crippen LogP) is 2.24. The number of aromatic amines is 1. The van der Waals surface area contributed by atoms with E-state index in [0.29, 0.717) is 19.5 Å². The van der Waals surface area contributed by atoms with Gasteiger partial charge in [0.2, 0.25) is 0 Å². The van der Waals surface area contributed by atoms with Crippen LogP contribution in [0.25, 0.3) is 0 Å². The van der Waals surface area contributed by atoms with E-state index in [4.69, 9.17) is 8.92 Å². The van der Waals surface area contributed by atoms with Gasteiger partial charge in [-0.15, -0.1) is 11.8 Å². The van der Waals surface area contributed by atoms with Crippen LogP contribution in [0.5, 0.6) is 0 Å². The van der Waals surface area contributed by atoms with E-state index in [1.807, 2.05) is 12.3 Å². The number of thioether (sulfide) groups is 1. The zero-order chi connectivity index (χ0) is 18.4. The summed E-state index contributed by atoms with van der Waals surface area (Å²) >= 11 is 1.50. The third kappa shape index (κ3) is 8.55. The molecule has 0 aliphatic rings. The van der Waals surface area contributed by atoms with Crippen LogP contribution in [0, 0.1) is 0 Å². The van der Waals surface area contributed by atoms with Crippen molar-refractivity contribution in [1.29, 1.82) is 0 Å². The Morgan fingerprint density at radius 3 is 2.58 bits per heavy atom. The van der Waals surface area contributed by atoms with Crippen molar-refractivity contribution in [2.24, 2.45) is 0 Å². The quantitative estimate of drug-likeness (QED) is 0.420. The maximum absolute atomic E-state index is 12.3. The van der Waals surface area contributed by atoms with E-state index in [9.17, 15) is 13.2 Å². The molecule has 0 fully saturated rings. The lowest BCUT2D eigenvalue weighted by atomic mass is 10.2. The van der Waals surface area contributed by atoms with E-state index < -0.39 is 21.8 Å². The third-order valence-electron chi connectivity index (χ3n) is 2.70. The number of ether oxygens (including phenoxy) is 1. The van der Waals surface area contributed by atoms with Crippen LogP contribution in [0.2, 0.25) is 0 Å². The lowest BCUT2D eigenvalue weighted by molar-refractivity contribution is 0.0224. The lowest BCUT2D eigenvalue weighted by Gasteiger charge is -2.27. The van der Waals surface area contributed by atoms with E-state index in [-0.39, 0.29) is 6.61 Å². The molecule has 1 amide bonds. The molecule has 0 unspecified atom stereocenters. The minimum absolute atomic E-state index is 0.0111. The Kier molecular flexibility index (Phi) is 7.56.